The number of hydrogen-bond acceptors (Lipinski definition) is 4. The molecule has 3 N–H and O–H groups in total. The average Bonchev–Trinajstić information content (AvgIpc) is 2.78. The molecule has 1 unspecified atom stereocenters. The zero-order valence-corrected chi connectivity index (χ0v) is 11.1. The summed E-state index contributed by atoms with van der Waals surface area (Å²) in [4.78, 5) is 0. The highest BCUT2D eigenvalue weighted by Gasteiger charge is 2.15. The molecule has 3 nitrogen and oxygen atoms in total. The highest BCUT2D eigenvalue weighted by molar-refractivity contribution is 7.99. The fraction of sp³-hybridized carbons (Fsp3) is 0.538. The fourth-order valence-electron chi connectivity index (χ4n) is 1.89. The van der Waals surface area contributed by atoms with E-state index in [9.17, 15) is 0 Å². The van der Waals surface area contributed by atoms with Crippen molar-refractivity contribution in [3.63, 3.8) is 0 Å². The van der Waals surface area contributed by atoms with Crippen LogP contribution in [0, 0.1) is 0 Å². The Kier molecular flexibility index (Phi) is 4.42. The number of nitrogens with one attached hydrogen (secondary N) is 1. The molecule has 1 fully saturated rings. The lowest BCUT2D eigenvalue weighted by molar-refractivity contribution is 0.318. The molecule has 0 spiro atoms. The van der Waals surface area contributed by atoms with Crippen molar-refractivity contribution in [2.24, 2.45) is 0 Å². The first-order valence-corrected chi connectivity index (χ1v) is 7.31. The van der Waals surface area contributed by atoms with Gasteiger partial charge in [-0.1, -0.05) is 6.92 Å². The van der Waals surface area contributed by atoms with E-state index in [-0.39, 0.29) is 0 Å². The quantitative estimate of drug-likeness (QED) is 0.791. The van der Waals surface area contributed by atoms with Gasteiger partial charge in [0.1, 0.15) is 5.75 Å². The Morgan fingerprint density at radius 1 is 1.47 bits per heavy atom. The van der Waals surface area contributed by atoms with Crippen LogP contribution >= 0.6 is 11.8 Å². The van der Waals surface area contributed by atoms with Gasteiger partial charge < -0.3 is 15.8 Å². The van der Waals surface area contributed by atoms with Crippen LogP contribution in [0.4, 0.5) is 11.4 Å². The maximum Gasteiger partial charge on any atom is 0.123 e. The molecule has 1 aromatic rings. The Bertz CT molecular complexity index is 364. The number of benzene rings is 1. The van der Waals surface area contributed by atoms with Gasteiger partial charge >= 0.3 is 0 Å². The monoisotopic (exact) mass is 252 g/mol. The third-order valence-corrected chi connectivity index (χ3v) is 3.86. The highest BCUT2D eigenvalue weighted by Crippen LogP contribution is 2.26. The van der Waals surface area contributed by atoms with Crippen LogP contribution in [0.15, 0.2) is 18.2 Å². The van der Waals surface area contributed by atoms with Crippen molar-refractivity contribution >= 4 is 23.1 Å². The van der Waals surface area contributed by atoms with E-state index in [4.69, 9.17) is 10.5 Å². The summed E-state index contributed by atoms with van der Waals surface area (Å²) >= 11 is 2.00. The van der Waals surface area contributed by atoms with E-state index < -0.39 is 0 Å². The molecule has 1 aliphatic rings. The Labute approximate surface area is 107 Å². The molecule has 1 aliphatic heterocycles. The SMILES string of the molecule is CCCOc1cc(N)cc(NC2CCSC2)c1. The summed E-state index contributed by atoms with van der Waals surface area (Å²) in [6.45, 7) is 2.84. The predicted molar refractivity (Wildman–Crippen MR) is 76.0 cm³/mol. The summed E-state index contributed by atoms with van der Waals surface area (Å²) in [6, 6.07) is 6.46. The molecule has 94 valence electrons. The zero-order valence-electron chi connectivity index (χ0n) is 10.2. The molecular formula is C13H20N2OS. The molecule has 0 saturated carbocycles. The van der Waals surface area contributed by atoms with Crippen molar-refractivity contribution in [2.45, 2.75) is 25.8 Å². The summed E-state index contributed by atoms with van der Waals surface area (Å²) in [5, 5.41) is 3.52. The third-order valence-electron chi connectivity index (χ3n) is 2.70. The van der Waals surface area contributed by atoms with Crippen LogP contribution in [0.2, 0.25) is 0 Å². The van der Waals surface area contributed by atoms with E-state index in [1.54, 1.807) is 0 Å². The normalized spacial score (nSPS) is 19.2. The number of hydrogen-bond donors (Lipinski definition) is 2. The minimum Gasteiger partial charge on any atom is -0.493 e. The summed E-state index contributed by atoms with van der Waals surface area (Å²) in [6.07, 6.45) is 2.24. The molecule has 0 amide bonds. The molecule has 1 saturated heterocycles. The van der Waals surface area contributed by atoms with Crippen LogP contribution in [-0.4, -0.2) is 24.2 Å². The van der Waals surface area contributed by atoms with E-state index in [0.29, 0.717) is 6.04 Å². The average molecular weight is 252 g/mol. The van der Waals surface area contributed by atoms with E-state index >= 15 is 0 Å². The molecule has 2 rings (SSSR count). The van der Waals surface area contributed by atoms with Gasteiger partial charge in [-0.25, -0.2) is 0 Å². The maximum absolute atomic E-state index is 5.88. The first kappa shape index (κ1) is 12.4. The second-order valence-corrected chi connectivity index (χ2v) is 5.49. The van der Waals surface area contributed by atoms with Crippen LogP contribution in [0.5, 0.6) is 5.75 Å². The highest BCUT2D eigenvalue weighted by atomic mass is 32.2. The minimum absolute atomic E-state index is 0.570. The number of anilines is 2. The van der Waals surface area contributed by atoms with Crippen molar-refractivity contribution < 1.29 is 4.74 Å². The number of rotatable bonds is 5. The Balaban J connectivity index is 2.02. The molecule has 1 heterocycles. The van der Waals surface area contributed by atoms with Gasteiger partial charge in [0.05, 0.1) is 6.61 Å². The van der Waals surface area contributed by atoms with Gasteiger partial charge in [-0.15, -0.1) is 0 Å². The first-order chi connectivity index (χ1) is 8.28. The van der Waals surface area contributed by atoms with Crippen molar-refractivity contribution in [1.82, 2.24) is 0 Å². The largest absolute Gasteiger partial charge is 0.493 e. The van der Waals surface area contributed by atoms with Gasteiger partial charge in [-0.2, -0.15) is 11.8 Å². The molecule has 0 aliphatic carbocycles. The fourth-order valence-corrected chi connectivity index (χ4v) is 3.05. The number of nitrogens with two attached hydrogens (primary N) is 1. The van der Waals surface area contributed by atoms with E-state index in [1.165, 1.54) is 17.9 Å². The van der Waals surface area contributed by atoms with Crippen LogP contribution < -0.4 is 15.8 Å². The molecule has 4 heteroatoms. The van der Waals surface area contributed by atoms with Gasteiger partial charge in [-0.05, 0) is 24.7 Å². The lowest BCUT2D eigenvalue weighted by atomic mass is 10.2. The lowest BCUT2D eigenvalue weighted by Crippen LogP contribution is -2.18. The Hall–Kier alpha value is -1.03. The molecule has 0 bridgehead atoms. The van der Waals surface area contributed by atoms with E-state index in [1.807, 2.05) is 30.0 Å². The minimum atomic E-state index is 0.570. The smallest absolute Gasteiger partial charge is 0.123 e. The summed E-state index contributed by atoms with van der Waals surface area (Å²) in [5.74, 6) is 3.29. The van der Waals surface area contributed by atoms with Gasteiger partial charge in [0.25, 0.3) is 0 Å². The van der Waals surface area contributed by atoms with Gasteiger partial charge in [0.2, 0.25) is 0 Å². The molecule has 1 aromatic carbocycles. The summed E-state index contributed by atoms with van der Waals surface area (Å²) < 4.78 is 5.62. The molecule has 0 radical (unpaired) electrons. The topological polar surface area (TPSA) is 47.3 Å². The van der Waals surface area contributed by atoms with Gasteiger partial charge in [-0.3, -0.25) is 0 Å². The van der Waals surface area contributed by atoms with Crippen molar-refractivity contribution in [2.75, 3.05) is 29.2 Å². The zero-order chi connectivity index (χ0) is 12.1. The van der Waals surface area contributed by atoms with Crippen molar-refractivity contribution in [3.05, 3.63) is 18.2 Å². The Morgan fingerprint density at radius 3 is 3.06 bits per heavy atom. The summed E-state index contributed by atoms with van der Waals surface area (Å²) in [5.41, 5.74) is 7.71. The van der Waals surface area contributed by atoms with Crippen LogP contribution in [-0.2, 0) is 0 Å². The molecule has 1 atom stereocenters. The number of nitrogen functional groups attached to an aromatic ring is 1. The van der Waals surface area contributed by atoms with Crippen LogP contribution in [0.3, 0.4) is 0 Å². The van der Waals surface area contributed by atoms with Gasteiger partial charge in [0, 0.05) is 35.3 Å². The second kappa shape index (κ2) is 6.05. The maximum atomic E-state index is 5.88. The predicted octanol–water partition coefficient (Wildman–Crippen LogP) is 2.98. The third kappa shape index (κ3) is 3.73. The first-order valence-electron chi connectivity index (χ1n) is 6.15. The van der Waals surface area contributed by atoms with Crippen LogP contribution in [0.1, 0.15) is 19.8 Å². The van der Waals surface area contributed by atoms with E-state index in [2.05, 4.69) is 12.2 Å². The molecule has 0 aromatic heterocycles. The van der Waals surface area contributed by atoms with E-state index in [0.717, 1.165) is 30.2 Å². The lowest BCUT2D eigenvalue weighted by Gasteiger charge is -2.15. The number of thioether (sulfide) groups is 1. The Morgan fingerprint density at radius 2 is 2.35 bits per heavy atom. The standard InChI is InChI=1S/C13H20N2OS/c1-2-4-16-13-7-10(14)6-12(8-13)15-11-3-5-17-9-11/h6-8,11,15H,2-5,9,14H2,1H3. The number of ether oxygens (including phenoxy) is 1. The second-order valence-electron chi connectivity index (χ2n) is 4.34. The molecular weight excluding hydrogens is 232 g/mol. The van der Waals surface area contributed by atoms with Crippen molar-refractivity contribution in [1.29, 1.82) is 0 Å². The summed E-state index contributed by atoms with van der Waals surface area (Å²) in [7, 11) is 0. The van der Waals surface area contributed by atoms with Crippen LogP contribution in [0.25, 0.3) is 0 Å². The molecule has 17 heavy (non-hydrogen) atoms. The van der Waals surface area contributed by atoms with Gasteiger partial charge in [0.15, 0.2) is 0 Å². The van der Waals surface area contributed by atoms with Crippen molar-refractivity contribution in [3.8, 4) is 5.75 Å².